The highest BCUT2D eigenvalue weighted by Crippen LogP contribution is 2.59. The number of fused-ring (bicyclic) bond motifs is 20. The number of rotatable bonds is 36. The molecule has 2 aliphatic heterocycles. The molecule has 3 aromatic heterocycles. The second-order valence-corrected chi connectivity index (χ2v) is 33.7. The first-order valence-corrected chi connectivity index (χ1v) is 41.7. The van der Waals surface area contributed by atoms with E-state index in [0.29, 0.717) is 252 Å². The number of hydrogen-bond donors (Lipinski definition) is 2. The third-order valence-corrected chi connectivity index (χ3v) is 22.3. The van der Waals surface area contributed by atoms with E-state index < -0.39 is 0 Å². The molecule has 24 heteroatoms. The van der Waals surface area contributed by atoms with Gasteiger partial charge in [-0.2, -0.15) is 0 Å². The quantitative estimate of drug-likeness (QED) is 0.0353. The van der Waals surface area contributed by atoms with Gasteiger partial charge in [-0.25, -0.2) is 29.9 Å². The fourth-order valence-corrected chi connectivity index (χ4v) is 15.7. The Morgan fingerprint density at radius 2 is 0.440 bits per heavy atom. The molecule has 2 N–H and O–H groups in total. The van der Waals surface area contributed by atoms with Crippen LogP contribution < -0.4 is 37.9 Å². The molecule has 4 aromatic carbocycles. The van der Waals surface area contributed by atoms with Crippen molar-refractivity contribution in [2.24, 2.45) is 47.3 Å². The van der Waals surface area contributed by atoms with Crippen LogP contribution in [-0.2, 0) is 0 Å². The van der Waals surface area contributed by atoms with Gasteiger partial charge in [-0.15, -0.1) is 47.0 Å². The lowest BCUT2D eigenvalue weighted by Crippen LogP contribution is -2.07. The number of aromatic amines is 2. The minimum Gasteiger partial charge on any atom is -0.492 e. The largest absolute Gasteiger partial charge is 0.492 e. The van der Waals surface area contributed by atoms with Crippen molar-refractivity contribution in [3.8, 4) is 91.5 Å². The molecule has 100 heavy (non-hydrogen) atoms. The minimum atomic E-state index is 0.214. The summed E-state index contributed by atoms with van der Waals surface area (Å²) in [4.78, 5) is 44.3. The maximum Gasteiger partial charge on any atom is 0.168 e. The summed E-state index contributed by atoms with van der Waals surface area (Å²) in [5.41, 5.74) is 3.23. The summed E-state index contributed by atoms with van der Waals surface area (Å²) >= 11 is 37.1. The monoisotopic (exact) mass is 1520 g/mol. The summed E-state index contributed by atoms with van der Waals surface area (Å²) in [5, 5.41) is 3.52. The Labute approximate surface area is 629 Å². The van der Waals surface area contributed by atoms with Crippen molar-refractivity contribution in [3.63, 3.8) is 0 Å². The first-order valence-electron chi connectivity index (χ1n) is 35.3. The van der Waals surface area contributed by atoms with Gasteiger partial charge in [0.2, 0.25) is 0 Å². The van der Waals surface area contributed by atoms with E-state index in [2.05, 4.69) is 121 Å². The zero-order valence-electron chi connectivity index (χ0n) is 62.0. The molecule has 0 fully saturated rings. The molecule has 0 saturated carbocycles. The standard InChI is InChI=1S/C76H102Cl4N8O8S4/c1-37(2)21-29-89-57-45-49(61(65(97-17)53(57)77)93-33-25-41(9)10)73-81-69(45)85-74-50-46(58(90-30-22-38(3)4)54(78)66(98-18)62(50)94-34-26-42(11)12)71(82-74)87-76-52-48(60(92-32-24-40(7)8)56(80)68(100-20)64(52)96-36-28-44(15)16)72(84-76)88-75-51-47(70(83-75)86-73)59(91-31-23-39(5)6)55(79)67(99-19)63(51)95-35-27-43(13)14/h37-44H,21-36H2,1-20H3,(H2,81,82,83,84,85,86,87,88). The van der Waals surface area contributed by atoms with Crippen LogP contribution in [0.15, 0.2) is 19.6 Å². The molecule has 0 radical (unpaired) electrons. The number of ether oxygens (including phenoxy) is 8. The van der Waals surface area contributed by atoms with Crippen LogP contribution in [0.4, 0.5) is 0 Å². The second kappa shape index (κ2) is 35.8. The third kappa shape index (κ3) is 17.8. The lowest BCUT2D eigenvalue weighted by Gasteiger charge is -2.21. The highest BCUT2D eigenvalue weighted by atomic mass is 35.5. The molecular weight excluding hydrogens is 1420 g/mol. The van der Waals surface area contributed by atoms with Gasteiger partial charge >= 0.3 is 0 Å². The molecule has 8 bridgehead atoms. The van der Waals surface area contributed by atoms with Crippen molar-refractivity contribution in [2.45, 2.75) is 182 Å². The van der Waals surface area contributed by atoms with Crippen LogP contribution in [-0.4, -0.2) is 118 Å². The average molecular weight is 1530 g/mol. The van der Waals surface area contributed by atoms with Gasteiger partial charge in [0.1, 0.15) is 65.7 Å². The Morgan fingerprint density at radius 1 is 0.260 bits per heavy atom. The number of H-pyrrole nitrogens is 2. The number of thioether (sulfide) groups is 4. The summed E-state index contributed by atoms with van der Waals surface area (Å²) in [6.45, 7) is 37.5. The van der Waals surface area contributed by atoms with Crippen LogP contribution in [0.2, 0.25) is 20.1 Å². The van der Waals surface area contributed by atoms with Crippen molar-refractivity contribution < 1.29 is 37.9 Å². The third-order valence-electron chi connectivity index (χ3n) is 17.2. The first kappa shape index (κ1) is 79.3. The molecule has 9 rings (SSSR count). The Balaban J connectivity index is 1.65. The van der Waals surface area contributed by atoms with E-state index >= 15 is 0 Å². The Hall–Kier alpha value is -4.80. The van der Waals surface area contributed by atoms with E-state index in [4.69, 9.17) is 114 Å². The molecule has 0 amide bonds. The van der Waals surface area contributed by atoms with Crippen LogP contribution in [0.3, 0.4) is 0 Å². The van der Waals surface area contributed by atoms with Gasteiger partial charge in [0.25, 0.3) is 0 Å². The predicted molar refractivity (Wildman–Crippen MR) is 423 cm³/mol. The van der Waals surface area contributed by atoms with Gasteiger partial charge in [0.15, 0.2) is 46.3 Å². The van der Waals surface area contributed by atoms with Gasteiger partial charge < -0.3 is 47.9 Å². The molecule has 546 valence electrons. The van der Waals surface area contributed by atoms with Crippen LogP contribution >= 0.6 is 93.5 Å². The highest BCUT2D eigenvalue weighted by molar-refractivity contribution is 7.99. The Kier molecular flexibility index (Phi) is 28.4. The molecule has 2 aliphatic rings. The topological polar surface area (TPSA) is 183 Å². The van der Waals surface area contributed by atoms with Gasteiger partial charge in [0, 0.05) is 0 Å². The molecule has 0 atom stereocenters. The second-order valence-electron chi connectivity index (χ2n) is 28.9. The zero-order chi connectivity index (χ0) is 72.5. The molecular formula is C76H102Cl4N8O8S4. The van der Waals surface area contributed by atoms with Crippen molar-refractivity contribution in [1.82, 2.24) is 39.9 Å². The van der Waals surface area contributed by atoms with E-state index in [1.807, 2.05) is 25.0 Å². The van der Waals surface area contributed by atoms with E-state index in [9.17, 15) is 0 Å². The lowest BCUT2D eigenvalue weighted by atomic mass is 10.0. The molecule has 0 aliphatic carbocycles. The molecule has 0 unspecified atom stereocenters. The number of nitrogens with one attached hydrogen (secondary N) is 2. The van der Waals surface area contributed by atoms with E-state index in [1.54, 1.807) is 0 Å². The Bertz CT molecular complexity index is 3970. The average Bonchev–Trinajstić information content (AvgIpc) is 1.56. The smallest absolute Gasteiger partial charge is 0.168 e. The van der Waals surface area contributed by atoms with Crippen LogP contribution in [0.25, 0.3) is 89.7 Å². The fourth-order valence-electron chi connectivity index (χ4n) is 11.3. The summed E-state index contributed by atoms with van der Waals surface area (Å²) in [6.07, 6.45) is 13.8. The summed E-state index contributed by atoms with van der Waals surface area (Å²) in [5.74, 6) is 6.80. The fraction of sp³-hybridized carbons (Fsp3) is 0.579. The number of aromatic nitrogens is 8. The summed E-state index contributed by atoms with van der Waals surface area (Å²) in [6, 6.07) is 0. The van der Waals surface area contributed by atoms with E-state index in [0.717, 1.165) is 51.4 Å². The van der Waals surface area contributed by atoms with E-state index in [1.165, 1.54) is 47.0 Å². The lowest BCUT2D eigenvalue weighted by molar-refractivity contribution is 0.278. The van der Waals surface area contributed by atoms with Gasteiger partial charge in [0.05, 0.1) is 116 Å². The number of halogens is 4. The maximum atomic E-state index is 7.83. The van der Waals surface area contributed by atoms with Gasteiger partial charge in [-0.1, -0.05) is 157 Å². The van der Waals surface area contributed by atoms with Crippen molar-refractivity contribution in [2.75, 3.05) is 77.9 Å². The highest BCUT2D eigenvalue weighted by Gasteiger charge is 2.38. The summed E-state index contributed by atoms with van der Waals surface area (Å²) < 4.78 is 56.5. The van der Waals surface area contributed by atoms with Crippen LogP contribution in [0.5, 0.6) is 46.0 Å². The predicted octanol–water partition coefficient (Wildman–Crippen LogP) is 23.8. The normalized spacial score (nSPS) is 12.3. The Morgan fingerprint density at radius 3 is 0.670 bits per heavy atom. The van der Waals surface area contributed by atoms with Crippen molar-refractivity contribution in [3.05, 3.63) is 20.1 Å². The molecule has 7 aromatic rings. The first-order chi connectivity index (χ1) is 47.7. The SMILES string of the molecule is CSc1c(Cl)c(OCCC(C)C)c2c(c1OCCC(C)C)-c1nc-2nc2[nH]c(nc3nc(nc4[nH]c(n1)c1c(OCCC(C)C)c(Cl)c(SC)c(OCCC(C)C)c41)-c1c(OCCC(C)C)c(Cl)c(SC)c(OCCC(C)C)c1-3)c1c(OCCC(C)C)c(Cl)c(SC)c(OCCC(C)C)c21. The van der Waals surface area contributed by atoms with Crippen molar-refractivity contribution >= 4 is 138 Å². The number of hydrogen-bond acceptors (Lipinski definition) is 18. The van der Waals surface area contributed by atoms with Gasteiger partial charge in [-0.3, -0.25) is 0 Å². The van der Waals surface area contributed by atoms with Crippen LogP contribution in [0.1, 0.15) is 162 Å². The number of nitrogens with zero attached hydrogens (tertiary/aromatic N) is 6. The maximum absolute atomic E-state index is 7.83. The van der Waals surface area contributed by atoms with Crippen LogP contribution in [0, 0.1) is 47.3 Å². The van der Waals surface area contributed by atoms with Gasteiger partial charge in [-0.05, 0) is 124 Å². The van der Waals surface area contributed by atoms with E-state index in [-0.39, 0.29) is 23.3 Å². The molecule has 0 spiro atoms. The minimum absolute atomic E-state index is 0.214. The molecule has 16 nitrogen and oxygen atoms in total. The van der Waals surface area contributed by atoms with Crippen molar-refractivity contribution in [1.29, 1.82) is 0 Å². The molecule has 5 heterocycles. The summed E-state index contributed by atoms with van der Waals surface area (Å²) in [7, 11) is 0. The number of benzene rings is 4. The molecule has 0 saturated heterocycles. The zero-order valence-corrected chi connectivity index (χ0v) is 68.3.